The average molecular weight is 1530 g/mol. The van der Waals surface area contributed by atoms with Gasteiger partial charge < -0.3 is 86.0 Å². The Bertz CT molecular complexity index is 3670. The zero-order chi connectivity index (χ0) is 77.4. The number of carbonyl (C=O) groups is 1. The molecule has 7 aromatic rings. The number of carboxylic acid groups (broad SMARTS) is 1. The molecule has 0 spiro atoms. The zero-order valence-electron chi connectivity index (χ0n) is 65.3. The van der Waals surface area contributed by atoms with Crippen LogP contribution in [0.4, 0.5) is 0 Å². The standard InChI is InChI=1S/C92H118O19/c1-7-9-22-53-75(54-37-13-11-10-12-14-38-55-76(93)94)108-91-87(84(102-62-73-49-33-20-34-50-73)80(66(5)106-91)99-59-70-43-27-17-28-44-70)110-92-88(111-90-86(103-63-74-51-35-21-36-52-74)83(101-61-72-47-31-19-32-48-72)79(65(4)105-90)98-58-69-41-25-16-26-42-69)85(81(67(6)107-92)100-60-71-45-29-18-30-46-71)109-89-77(95)82(96-56-8-2)78(64(3)104-89)97-57-68-39-23-15-24-40-68/h8,15-21,23-36,39-52,64-67,75,77-92,95H,2,7,9-14,22,37-38,53-63H2,1,3-6H3,(H,93,94)/t64-,65+,66-,67-,75-,77-,78-,79+,80-,81-,82-,83-,84+,85+,86-,87-,88-,89+,90+,91+,92+/m1/s1. The minimum Gasteiger partial charge on any atom is -0.481 e. The summed E-state index contributed by atoms with van der Waals surface area (Å²) in [6, 6.07) is 69.7. The first-order valence-electron chi connectivity index (χ1n) is 40.3. The van der Waals surface area contributed by atoms with Crippen LogP contribution in [0.2, 0.25) is 0 Å². The van der Waals surface area contributed by atoms with Gasteiger partial charge in [0.15, 0.2) is 25.2 Å². The molecule has 21 atom stereocenters. The Balaban J connectivity index is 1.03. The molecule has 0 bridgehead atoms. The fourth-order valence-corrected chi connectivity index (χ4v) is 15.1. The van der Waals surface area contributed by atoms with Gasteiger partial charge in [0.25, 0.3) is 0 Å². The average Bonchev–Trinajstić information content (AvgIpc) is 0.762. The monoisotopic (exact) mass is 1530 g/mol. The van der Waals surface area contributed by atoms with Gasteiger partial charge in [-0.05, 0) is 85.9 Å². The minimum absolute atomic E-state index is 0.0855. The molecule has 0 saturated carbocycles. The third-order valence-corrected chi connectivity index (χ3v) is 21.1. The summed E-state index contributed by atoms with van der Waals surface area (Å²) in [5.74, 6) is -0.757. The number of aliphatic hydroxyl groups excluding tert-OH is 1. The predicted molar refractivity (Wildman–Crippen MR) is 421 cm³/mol. The number of benzene rings is 7. The summed E-state index contributed by atoms with van der Waals surface area (Å²) in [5, 5.41) is 22.4. The molecule has 2 N–H and O–H groups in total. The molecule has 4 saturated heterocycles. The smallest absolute Gasteiger partial charge is 0.303 e. The normalized spacial score (nSPS) is 28.5. The van der Waals surface area contributed by atoms with E-state index in [1.165, 1.54) is 0 Å². The fourth-order valence-electron chi connectivity index (χ4n) is 15.1. The Morgan fingerprint density at radius 1 is 0.351 bits per heavy atom. The molecule has 4 fully saturated rings. The highest BCUT2D eigenvalue weighted by Gasteiger charge is 2.58. The number of rotatable bonds is 46. The Morgan fingerprint density at radius 2 is 0.640 bits per heavy atom. The molecule has 19 nitrogen and oxygen atoms in total. The van der Waals surface area contributed by atoms with Gasteiger partial charge in [-0.2, -0.15) is 0 Å². The second-order valence-corrected chi connectivity index (χ2v) is 29.7. The highest BCUT2D eigenvalue weighted by Crippen LogP contribution is 2.42. The Labute approximate surface area is 657 Å². The molecule has 4 heterocycles. The molecule has 4 aliphatic heterocycles. The van der Waals surface area contributed by atoms with E-state index in [4.69, 9.17) is 75.8 Å². The highest BCUT2D eigenvalue weighted by molar-refractivity contribution is 5.66. The van der Waals surface area contributed by atoms with E-state index < -0.39 is 129 Å². The van der Waals surface area contributed by atoms with E-state index in [1.807, 2.05) is 240 Å². The van der Waals surface area contributed by atoms with Crippen molar-refractivity contribution in [2.75, 3.05) is 6.61 Å². The maximum Gasteiger partial charge on any atom is 0.303 e. The minimum atomic E-state index is -1.47. The van der Waals surface area contributed by atoms with Gasteiger partial charge in [-0.25, -0.2) is 0 Å². The SMILES string of the molecule is C=CCO[C@@H]1[C@@H](O)[C@H](O[C@@H]2[C@@H](O[C@@H]3O[C@@H](C)[C@H](OCc4ccccc4)[C@@H](OCc4ccccc4)[C@H]3OCc3ccccc3)[C@H](O[C@H]3[C@H](O[C@H](CCCCC)CCCCCCCCCC(=O)O)O[C@H](C)[C@@H](OCc4ccccc4)[C@@H]3OCc3ccccc3)O[C@H](C)[C@H]2OCc2ccccc2)O[C@H](C)[C@H]1OCc1ccccc1. The van der Waals surface area contributed by atoms with Gasteiger partial charge in [-0.15, -0.1) is 6.58 Å². The van der Waals surface area contributed by atoms with Crippen LogP contribution < -0.4 is 0 Å². The Hall–Kier alpha value is -6.93. The van der Waals surface area contributed by atoms with Gasteiger partial charge in [0.2, 0.25) is 0 Å². The lowest BCUT2D eigenvalue weighted by Crippen LogP contribution is -2.68. The van der Waals surface area contributed by atoms with E-state index in [1.54, 1.807) is 6.08 Å². The first-order valence-corrected chi connectivity index (χ1v) is 40.3. The van der Waals surface area contributed by atoms with E-state index in [0.29, 0.717) is 6.42 Å². The summed E-state index contributed by atoms with van der Waals surface area (Å²) >= 11 is 0. The number of carboxylic acids is 1. The molecule has 0 radical (unpaired) electrons. The number of unbranched alkanes of at least 4 members (excludes halogenated alkanes) is 8. The fraction of sp³-hybridized carbons (Fsp3) is 0.511. The summed E-state index contributed by atoms with van der Waals surface area (Å²) in [6.45, 7) is 15.3. The summed E-state index contributed by atoms with van der Waals surface area (Å²) in [4.78, 5) is 11.3. The van der Waals surface area contributed by atoms with Crippen molar-refractivity contribution in [2.45, 2.75) is 293 Å². The van der Waals surface area contributed by atoms with E-state index in [0.717, 1.165) is 110 Å². The number of aliphatic hydroxyl groups is 1. The largest absolute Gasteiger partial charge is 0.481 e. The number of ether oxygens (including phenoxy) is 16. The van der Waals surface area contributed by atoms with Gasteiger partial charge >= 0.3 is 5.97 Å². The Kier molecular flexibility index (Phi) is 35.1. The van der Waals surface area contributed by atoms with Crippen molar-refractivity contribution in [3.8, 4) is 0 Å². The second-order valence-electron chi connectivity index (χ2n) is 29.7. The van der Waals surface area contributed by atoms with E-state index in [2.05, 4.69) is 13.5 Å². The van der Waals surface area contributed by atoms with Crippen molar-refractivity contribution in [1.82, 2.24) is 0 Å². The van der Waals surface area contributed by atoms with Crippen LogP contribution in [0.1, 0.15) is 157 Å². The molecular formula is C92H118O19. The maximum atomic E-state index is 13.1. The van der Waals surface area contributed by atoms with Crippen LogP contribution in [-0.2, 0) is 127 Å². The van der Waals surface area contributed by atoms with Gasteiger partial charge in [0, 0.05) is 6.42 Å². The summed E-state index contributed by atoms with van der Waals surface area (Å²) in [7, 11) is 0. The van der Waals surface area contributed by atoms with Crippen LogP contribution in [0.3, 0.4) is 0 Å². The molecule has 4 aliphatic rings. The third kappa shape index (κ3) is 26.0. The molecule has 0 amide bonds. The summed E-state index contributed by atoms with van der Waals surface area (Å²) in [5.41, 5.74) is 6.48. The molecule has 19 heteroatoms. The van der Waals surface area contributed by atoms with Crippen molar-refractivity contribution in [3.05, 3.63) is 264 Å². The topological polar surface area (TPSA) is 205 Å². The molecule has 11 rings (SSSR count). The number of hydrogen-bond donors (Lipinski definition) is 2. The molecule has 600 valence electrons. The van der Waals surface area contributed by atoms with E-state index in [-0.39, 0.29) is 65.4 Å². The van der Waals surface area contributed by atoms with Gasteiger partial charge in [0.05, 0.1) is 83.4 Å². The van der Waals surface area contributed by atoms with Crippen LogP contribution in [0.25, 0.3) is 0 Å². The van der Waals surface area contributed by atoms with Crippen LogP contribution in [0.15, 0.2) is 225 Å². The lowest BCUT2D eigenvalue weighted by atomic mass is 9.95. The molecule has 0 aromatic heterocycles. The quantitative estimate of drug-likeness (QED) is 0.0269. The van der Waals surface area contributed by atoms with E-state index in [9.17, 15) is 15.0 Å². The lowest BCUT2D eigenvalue weighted by molar-refractivity contribution is -0.414. The van der Waals surface area contributed by atoms with Crippen molar-refractivity contribution < 1.29 is 90.8 Å². The van der Waals surface area contributed by atoms with Crippen molar-refractivity contribution >= 4 is 5.97 Å². The predicted octanol–water partition coefficient (Wildman–Crippen LogP) is 16.7. The van der Waals surface area contributed by atoms with Crippen molar-refractivity contribution in [2.24, 2.45) is 0 Å². The number of aliphatic carboxylic acids is 1. The lowest BCUT2D eigenvalue weighted by Gasteiger charge is -2.52. The molecule has 111 heavy (non-hydrogen) atoms. The van der Waals surface area contributed by atoms with Gasteiger partial charge in [-0.3, -0.25) is 4.79 Å². The first-order chi connectivity index (χ1) is 54.4. The Morgan fingerprint density at radius 3 is 1.02 bits per heavy atom. The van der Waals surface area contributed by atoms with Gasteiger partial charge in [0.1, 0.15) is 73.2 Å². The summed E-state index contributed by atoms with van der Waals surface area (Å²) < 4.78 is 116. The first kappa shape index (κ1) is 85.0. The molecule has 0 unspecified atom stereocenters. The zero-order valence-corrected chi connectivity index (χ0v) is 65.3. The van der Waals surface area contributed by atoms with Crippen LogP contribution in [-0.4, -0.2) is 152 Å². The van der Waals surface area contributed by atoms with E-state index >= 15 is 0 Å². The summed E-state index contributed by atoms with van der Waals surface area (Å²) in [6.07, 6.45) is -7.92. The maximum absolute atomic E-state index is 13.1. The molecule has 7 aromatic carbocycles. The van der Waals surface area contributed by atoms with Crippen molar-refractivity contribution in [1.29, 1.82) is 0 Å². The molecular weight excluding hydrogens is 1410 g/mol. The third-order valence-electron chi connectivity index (χ3n) is 21.1. The van der Waals surface area contributed by atoms with Crippen molar-refractivity contribution in [3.63, 3.8) is 0 Å². The van der Waals surface area contributed by atoms with Crippen LogP contribution >= 0.6 is 0 Å². The number of hydrogen-bond acceptors (Lipinski definition) is 18. The van der Waals surface area contributed by atoms with Crippen LogP contribution in [0, 0.1) is 0 Å². The highest BCUT2D eigenvalue weighted by atomic mass is 16.8. The molecule has 0 aliphatic carbocycles. The second kappa shape index (κ2) is 45.8. The van der Waals surface area contributed by atoms with Gasteiger partial charge in [-0.1, -0.05) is 283 Å². The van der Waals surface area contributed by atoms with Crippen LogP contribution in [0.5, 0.6) is 0 Å².